The van der Waals surface area contributed by atoms with Gasteiger partial charge in [-0.2, -0.15) is 0 Å². The number of hydrogen-bond acceptors (Lipinski definition) is 7. The zero-order valence-corrected chi connectivity index (χ0v) is 21.7. The zero-order valence-electron chi connectivity index (χ0n) is 19.3. The predicted molar refractivity (Wildman–Crippen MR) is 141 cm³/mol. The number of carbonyl (C=O) groups excluding carboxylic acids is 1. The smallest absolute Gasteiger partial charge is 0.263 e. The molecule has 0 spiro atoms. The minimum atomic E-state index is -3.69. The normalized spacial score (nSPS) is 14.7. The number of likely N-dealkylation sites (tertiary alicyclic amines) is 1. The van der Waals surface area contributed by atoms with Crippen molar-refractivity contribution in [2.75, 3.05) is 17.8 Å². The van der Waals surface area contributed by atoms with Crippen LogP contribution >= 0.6 is 22.9 Å². The van der Waals surface area contributed by atoms with Crippen LogP contribution in [0.5, 0.6) is 0 Å². The van der Waals surface area contributed by atoms with Crippen LogP contribution in [-0.4, -0.2) is 42.5 Å². The monoisotopic (exact) mass is 544 g/mol. The van der Waals surface area contributed by atoms with Crippen molar-refractivity contribution < 1.29 is 19.2 Å². The van der Waals surface area contributed by atoms with Crippen LogP contribution in [0.4, 0.5) is 5.13 Å². The lowest BCUT2D eigenvalue weighted by Gasteiger charge is -2.32. The van der Waals surface area contributed by atoms with Crippen LogP contribution in [0, 0.1) is 6.92 Å². The summed E-state index contributed by atoms with van der Waals surface area (Å²) < 4.78 is 33.0. The second-order valence-electron chi connectivity index (χ2n) is 8.52. The molecule has 3 heterocycles. The Labute approximate surface area is 219 Å². The molecule has 11 heteroatoms. The molecule has 1 aliphatic rings. The van der Waals surface area contributed by atoms with Crippen LogP contribution in [0.3, 0.4) is 0 Å². The Morgan fingerprint density at radius 3 is 2.56 bits per heavy atom. The standard InChI is InChI=1S/C25H23ClN4O4S2.H2/c1-16-22(23(28-34-16)20-4-2-3-5-21(20)26)24(31)30-13-10-18(11-14-30)17-6-8-19(9-7-17)36(32,33)29-25-27-12-15-35-25;/h2-9,12,15,18H,10-11,13-14H2,1H3,(H,27,29);1H. The van der Waals surface area contributed by atoms with Crippen molar-refractivity contribution in [3.8, 4) is 11.3 Å². The predicted octanol–water partition coefficient (Wildman–Crippen LogP) is 5.83. The quantitative estimate of drug-likeness (QED) is 0.327. The minimum absolute atomic E-state index is 0. The number of rotatable bonds is 6. The number of aryl methyl sites for hydroxylation is 1. The summed E-state index contributed by atoms with van der Waals surface area (Å²) >= 11 is 7.56. The molecule has 0 radical (unpaired) electrons. The number of halogens is 1. The maximum Gasteiger partial charge on any atom is 0.263 e. The molecule has 0 saturated carbocycles. The highest BCUT2D eigenvalue weighted by Gasteiger charge is 2.30. The Kier molecular flexibility index (Phi) is 6.83. The Morgan fingerprint density at radius 1 is 1.17 bits per heavy atom. The van der Waals surface area contributed by atoms with Crippen molar-refractivity contribution in [2.24, 2.45) is 0 Å². The number of anilines is 1. The Bertz CT molecular complexity index is 1480. The number of sulfonamides is 1. The number of nitrogens with zero attached hydrogens (tertiary/aromatic N) is 3. The molecule has 1 amide bonds. The van der Waals surface area contributed by atoms with E-state index in [9.17, 15) is 13.2 Å². The molecular weight excluding hydrogens is 520 g/mol. The van der Waals surface area contributed by atoms with E-state index in [-0.39, 0.29) is 18.1 Å². The third-order valence-electron chi connectivity index (χ3n) is 6.30. The molecule has 1 aliphatic heterocycles. The summed E-state index contributed by atoms with van der Waals surface area (Å²) in [5, 5.41) is 6.66. The van der Waals surface area contributed by atoms with Gasteiger partial charge in [0.25, 0.3) is 15.9 Å². The molecule has 1 saturated heterocycles. The minimum Gasteiger partial charge on any atom is -0.360 e. The van der Waals surface area contributed by atoms with Crippen LogP contribution in [0.15, 0.2) is 69.5 Å². The highest BCUT2D eigenvalue weighted by Crippen LogP contribution is 2.34. The van der Waals surface area contributed by atoms with Crippen molar-refractivity contribution in [1.29, 1.82) is 0 Å². The highest BCUT2D eigenvalue weighted by atomic mass is 35.5. The lowest BCUT2D eigenvalue weighted by molar-refractivity contribution is 0.0712. The van der Waals surface area contributed by atoms with Gasteiger partial charge in [-0.15, -0.1) is 11.3 Å². The number of nitrogens with one attached hydrogen (secondary N) is 1. The van der Waals surface area contributed by atoms with E-state index in [1.165, 1.54) is 11.3 Å². The molecule has 0 unspecified atom stereocenters. The third-order valence-corrected chi connectivity index (χ3v) is 8.81. The largest absolute Gasteiger partial charge is 0.360 e. The number of hydrogen-bond donors (Lipinski definition) is 1. The molecule has 4 aromatic rings. The SMILES string of the molecule is Cc1onc(-c2ccccc2Cl)c1C(=O)N1CCC(c2ccc(S(=O)(=O)Nc3nccs3)cc2)CC1.[HH]. The summed E-state index contributed by atoms with van der Waals surface area (Å²) in [4.78, 5) is 19.4. The van der Waals surface area contributed by atoms with Crippen LogP contribution in [0.2, 0.25) is 5.02 Å². The van der Waals surface area contributed by atoms with E-state index < -0.39 is 10.0 Å². The highest BCUT2D eigenvalue weighted by molar-refractivity contribution is 7.93. The first-order chi connectivity index (χ1) is 17.3. The van der Waals surface area contributed by atoms with Crippen molar-refractivity contribution in [2.45, 2.75) is 30.6 Å². The first-order valence-electron chi connectivity index (χ1n) is 11.4. The van der Waals surface area contributed by atoms with Gasteiger partial charge in [0, 0.05) is 31.7 Å². The fourth-order valence-corrected chi connectivity index (χ4v) is 6.42. The number of benzene rings is 2. The van der Waals surface area contributed by atoms with Crippen molar-refractivity contribution >= 4 is 44.0 Å². The van der Waals surface area contributed by atoms with Gasteiger partial charge >= 0.3 is 0 Å². The van der Waals surface area contributed by atoms with Gasteiger partial charge in [0.1, 0.15) is 17.0 Å². The molecule has 8 nitrogen and oxygen atoms in total. The number of thiazole rings is 1. The van der Waals surface area contributed by atoms with E-state index in [2.05, 4.69) is 14.9 Å². The fourth-order valence-electron chi connectivity index (χ4n) is 4.40. The number of carbonyl (C=O) groups is 1. The summed E-state index contributed by atoms with van der Waals surface area (Å²) in [6, 6.07) is 14.2. The van der Waals surface area contributed by atoms with Gasteiger partial charge in [-0.25, -0.2) is 13.4 Å². The molecule has 0 atom stereocenters. The topological polar surface area (TPSA) is 105 Å². The van der Waals surface area contributed by atoms with Gasteiger partial charge < -0.3 is 9.42 Å². The molecule has 188 valence electrons. The molecule has 1 N–H and O–H groups in total. The fraction of sp³-hybridized carbons (Fsp3) is 0.240. The van der Waals surface area contributed by atoms with Gasteiger partial charge in [0.05, 0.1) is 9.92 Å². The van der Waals surface area contributed by atoms with Crippen molar-refractivity contribution in [3.05, 3.63) is 82.0 Å². The summed E-state index contributed by atoms with van der Waals surface area (Å²) in [6.07, 6.45) is 3.08. The maximum atomic E-state index is 13.4. The van der Waals surface area contributed by atoms with E-state index in [4.69, 9.17) is 16.1 Å². The van der Waals surface area contributed by atoms with Gasteiger partial charge in [0.15, 0.2) is 5.13 Å². The molecular formula is C25H25ClN4O4S2. The van der Waals surface area contributed by atoms with E-state index in [1.807, 2.05) is 35.2 Å². The average Bonchev–Trinajstić information content (AvgIpc) is 3.53. The van der Waals surface area contributed by atoms with E-state index in [0.29, 0.717) is 45.8 Å². The molecule has 0 bridgehead atoms. The van der Waals surface area contributed by atoms with Crippen LogP contribution in [-0.2, 0) is 10.0 Å². The van der Waals surface area contributed by atoms with Gasteiger partial charge in [-0.05, 0) is 49.4 Å². The van der Waals surface area contributed by atoms with E-state index >= 15 is 0 Å². The summed E-state index contributed by atoms with van der Waals surface area (Å²) in [7, 11) is -3.69. The van der Waals surface area contributed by atoms with Crippen molar-refractivity contribution in [3.63, 3.8) is 0 Å². The van der Waals surface area contributed by atoms with Crippen molar-refractivity contribution in [1.82, 2.24) is 15.0 Å². The average molecular weight is 545 g/mol. The summed E-state index contributed by atoms with van der Waals surface area (Å²) in [6.45, 7) is 2.87. The molecule has 2 aromatic heterocycles. The number of amides is 1. The lowest BCUT2D eigenvalue weighted by Crippen LogP contribution is -2.38. The van der Waals surface area contributed by atoms with Crippen LogP contribution in [0.25, 0.3) is 11.3 Å². The molecule has 36 heavy (non-hydrogen) atoms. The number of aromatic nitrogens is 2. The van der Waals surface area contributed by atoms with Gasteiger partial charge in [-0.1, -0.05) is 47.1 Å². The maximum absolute atomic E-state index is 13.4. The Balaban J connectivity index is 0.00000320. The second-order valence-corrected chi connectivity index (χ2v) is 11.5. The summed E-state index contributed by atoms with van der Waals surface area (Å²) in [5.41, 5.74) is 2.60. The Hall–Kier alpha value is -3.21. The number of piperidine rings is 1. The first-order valence-corrected chi connectivity index (χ1v) is 14.1. The second kappa shape index (κ2) is 10.0. The lowest BCUT2D eigenvalue weighted by atomic mass is 9.89. The zero-order chi connectivity index (χ0) is 25.3. The Morgan fingerprint density at radius 2 is 1.89 bits per heavy atom. The molecule has 5 rings (SSSR count). The van der Waals surface area contributed by atoms with Gasteiger partial charge in [0.2, 0.25) is 0 Å². The van der Waals surface area contributed by atoms with Gasteiger partial charge in [-0.3, -0.25) is 9.52 Å². The molecule has 2 aromatic carbocycles. The van der Waals surface area contributed by atoms with E-state index in [0.717, 1.165) is 18.4 Å². The molecule has 1 fully saturated rings. The van der Waals surface area contributed by atoms with E-state index in [1.54, 1.807) is 36.7 Å². The molecule has 0 aliphatic carbocycles. The summed E-state index contributed by atoms with van der Waals surface area (Å²) in [5.74, 6) is 0.557. The first kappa shape index (κ1) is 24.5. The van der Waals surface area contributed by atoms with Crippen LogP contribution < -0.4 is 4.72 Å². The van der Waals surface area contributed by atoms with Crippen LogP contribution in [0.1, 0.15) is 41.9 Å². The third kappa shape index (κ3) is 4.88.